The van der Waals surface area contributed by atoms with Crippen LogP contribution in [-0.4, -0.2) is 101 Å². The Labute approximate surface area is 267 Å². The summed E-state index contributed by atoms with van der Waals surface area (Å²) in [6.45, 7) is 8.74. The number of nitriles is 1. The van der Waals surface area contributed by atoms with E-state index in [1.165, 1.54) is 18.2 Å². The van der Waals surface area contributed by atoms with Crippen molar-refractivity contribution in [1.82, 2.24) is 24.8 Å². The second kappa shape index (κ2) is 13.2. The molecule has 1 amide bonds. The highest BCUT2D eigenvalue weighted by Gasteiger charge is 2.32. The lowest BCUT2D eigenvalue weighted by molar-refractivity contribution is -0.131. The van der Waals surface area contributed by atoms with E-state index in [4.69, 9.17) is 9.47 Å². The number of rotatable bonds is 8. The van der Waals surface area contributed by atoms with Gasteiger partial charge in [-0.15, -0.1) is 0 Å². The summed E-state index contributed by atoms with van der Waals surface area (Å²) in [7, 11) is 0. The molecule has 0 radical (unpaired) electrons. The summed E-state index contributed by atoms with van der Waals surface area (Å²) < 4.78 is 11.6. The maximum Gasteiger partial charge on any atom is 0.253 e. The van der Waals surface area contributed by atoms with Crippen LogP contribution in [0, 0.1) is 11.3 Å². The van der Waals surface area contributed by atoms with Crippen molar-refractivity contribution in [2.45, 2.75) is 38.0 Å². The number of likely N-dealkylation sites (tertiary alicyclic amines) is 1. The summed E-state index contributed by atoms with van der Waals surface area (Å²) in [5.74, 6) is 1.35. The second-order valence-electron chi connectivity index (χ2n) is 12.0. The number of azo groups is 1. The monoisotopic (exact) mass is 620 g/mol. The number of benzene rings is 2. The lowest BCUT2D eigenvalue weighted by atomic mass is 9.99. The molecule has 13 heteroatoms. The third-order valence-electron chi connectivity index (χ3n) is 9.06. The van der Waals surface area contributed by atoms with Crippen molar-refractivity contribution in [2.75, 3.05) is 62.7 Å². The Hall–Kier alpha value is -4.93. The first-order valence-electron chi connectivity index (χ1n) is 15.7. The zero-order valence-electron chi connectivity index (χ0n) is 25.7. The highest BCUT2D eigenvalue weighted by molar-refractivity contribution is 5.94. The Morgan fingerprint density at radius 3 is 2.59 bits per heavy atom. The van der Waals surface area contributed by atoms with Crippen molar-refractivity contribution in [3.05, 3.63) is 66.1 Å². The predicted octanol–water partition coefficient (Wildman–Crippen LogP) is 3.78. The van der Waals surface area contributed by atoms with E-state index in [-0.39, 0.29) is 18.1 Å². The van der Waals surface area contributed by atoms with Crippen LogP contribution in [0.4, 0.5) is 17.3 Å². The van der Waals surface area contributed by atoms with Gasteiger partial charge in [0.15, 0.2) is 5.82 Å². The van der Waals surface area contributed by atoms with Gasteiger partial charge in [-0.05, 0) is 49.4 Å². The molecule has 3 fully saturated rings. The Balaban J connectivity index is 0.961. The van der Waals surface area contributed by atoms with Crippen LogP contribution < -0.4 is 15.0 Å². The molecule has 4 aliphatic heterocycles. The molecule has 0 saturated carbocycles. The fraction of sp³-hybridized carbons (Fsp3) is 0.424. The van der Waals surface area contributed by atoms with Gasteiger partial charge in [-0.25, -0.2) is 9.97 Å². The first kappa shape index (κ1) is 29.8. The van der Waals surface area contributed by atoms with E-state index >= 15 is 0 Å². The number of carbonyl (C=O) groups excluding carboxylic acids is 1. The molecule has 4 aliphatic rings. The summed E-state index contributed by atoms with van der Waals surface area (Å²) in [6.07, 6.45) is 4.21. The molecular weight excluding hydrogens is 584 g/mol. The van der Waals surface area contributed by atoms with E-state index in [1.807, 2.05) is 30.0 Å². The molecule has 7 rings (SSSR count). The third kappa shape index (κ3) is 6.40. The minimum atomic E-state index is -0.115. The smallest absolute Gasteiger partial charge is 0.253 e. The number of nitrogens with zero attached hydrogens (tertiary/aromatic N) is 9. The number of piperazine rings is 1. The van der Waals surface area contributed by atoms with E-state index in [0.29, 0.717) is 66.2 Å². The topological polar surface area (TPSA) is 144 Å². The Morgan fingerprint density at radius 2 is 1.89 bits per heavy atom. The number of hydrogen-bond acceptors (Lipinski definition) is 12. The van der Waals surface area contributed by atoms with Crippen LogP contribution in [-0.2, 0) is 9.53 Å². The van der Waals surface area contributed by atoms with Crippen LogP contribution in [0.5, 0.6) is 5.75 Å². The number of amides is 1. The van der Waals surface area contributed by atoms with Gasteiger partial charge in [0.05, 0.1) is 43.1 Å². The van der Waals surface area contributed by atoms with Gasteiger partial charge in [-0.1, -0.05) is 0 Å². The molecule has 2 atom stereocenters. The predicted molar refractivity (Wildman–Crippen MR) is 171 cm³/mol. The Morgan fingerprint density at radius 1 is 1.07 bits per heavy atom. The quantitative estimate of drug-likeness (QED) is 0.395. The molecule has 0 unspecified atom stereocenters. The van der Waals surface area contributed by atoms with Crippen LogP contribution >= 0.6 is 0 Å². The number of aromatic nitrogens is 3. The first-order chi connectivity index (χ1) is 22.5. The lowest BCUT2D eigenvalue weighted by Gasteiger charge is -2.43. The van der Waals surface area contributed by atoms with Gasteiger partial charge < -0.3 is 24.6 Å². The molecule has 2 aromatic carbocycles. The van der Waals surface area contributed by atoms with E-state index in [1.54, 1.807) is 12.1 Å². The number of carbonyl (C=O) groups is 1. The molecule has 3 aromatic rings. The highest BCUT2D eigenvalue weighted by atomic mass is 16.5. The summed E-state index contributed by atoms with van der Waals surface area (Å²) in [5.41, 5.74) is 3.77. The molecule has 0 spiro atoms. The molecule has 13 nitrogen and oxygen atoms in total. The number of nitrogens with one attached hydrogen (secondary N) is 1. The van der Waals surface area contributed by atoms with Crippen LogP contribution in [0.25, 0.3) is 11.4 Å². The summed E-state index contributed by atoms with van der Waals surface area (Å²) in [5, 5.41) is 20.9. The summed E-state index contributed by atoms with van der Waals surface area (Å²) >= 11 is 0. The van der Waals surface area contributed by atoms with Gasteiger partial charge in [0.1, 0.15) is 24.3 Å². The zero-order valence-corrected chi connectivity index (χ0v) is 25.7. The molecule has 46 heavy (non-hydrogen) atoms. The SMILES string of the molecule is C[C@H]1C[C@@H](Oc2ccc(-c3ncnc(Nc4ccc(N5CCN(C6COC6)CC5)cc4)n3)cc2C#N)CCN1C(=O)C1=CN=NC1. The maximum absolute atomic E-state index is 12.8. The highest BCUT2D eigenvalue weighted by Crippen LogP contribution is 2.30. The van der Waals surface area contributed by atoms with E-state index in [0.717, 1.165) is 45.1 Å². The van der Waals surface area contributed by atoms with Crippen LogP contribution in [0.15, 0.2) is 70.8 Å². The van der Waals surface area contributed by atoms with Gasteiger partial charge in [0, 0.05) is 68.5 Å². The lowest BCUT2D eigenvalue weighted by Crippen LogP contribution is -2.56. The van der Waals surface area contributed by atoms with Crippen molar-refractivity contribution in [3.8, 4) is 23.2 Å². The zero-order chi connectivity index (χ0) is 31.5. The molecule has 0 aliphatic carbocycles. The van der Waals surface area contributed by atoms with Crippen molar-refractivity contribution < 1.29 is 14.3 Å². The number of anilines is 3. The molecule has 0 bridgehead atoms. The van der Waals surface area contributed by atoms with Crippen LogP contribution in [0.2, 0.25) is 0 Å². The fourth-order valence-corrected chi connectivity index (χ4v) is 6.31. The third-order valence-corrected chi connectivity index (χ3v) is 9.06. The summed E-state index contributed by atoms with van der Waals surface area (Å²) in [6, 6.07) is 16.5. The van der Waals surface area contributed by atoms with E-state index in [9.17, 15) is 10.1 Å². The number of hydrogen-bond donors (Lipinski definition) is 1. The average Bonchev–Trinajstić information content (AvgIpc) is 3.60. The first-order valence-corrected chi connectivity index (χ1v) is 15.7. The Kier molecular flexibility index (Phi) is 8.54. The van der Waals surface area contributed by atoms with Gasteiger partial charge in [-0.2, -0.15) is 20.5 Å². The molecule has 3 saturated heterocycles. The van der Waals surface area contributed by atoms with Gasteiger partial charge >= 0.3 is 0 Å². The fourth-order valence-electron chi connectivity index (χ4n) is 6.31. The maximum atomic E-state index is 12.8. The molecule has 1 aromatic heterocycles. The normalized spacial score (nSPS) is 21.8. The minimum absolute atomic E-state index is 0.00634. The van der Waals surface area contributed by atoms with Gasteiger partial charge in [0.2, 0.25) is 5.95 Å². The molecule has 5 heterocycles. The van der Waals surface area contributed by atoms with Crippen LogP contribution in [0.3, 0.4) is 0 Å². The molecule has 236 valence electrons. The minimum Gasteiger partial charge on any atom is -0.489 e. The van der Waals surface area contributed by atoms with E-state index < -0.39 is 0 Å². The molecule has 1 N–H and O–H groups in total. The number of piperidine rings is 1. The second-order valence-corrected chi connectivity index (χ2v) is 12.0. The van der Waals surface area contributed by atoms with Gasteiger partial charge in [0.25, 0.3) is 5.91 Å². The van der Waals surface area contributed by atoms with Crippen LogP contribution in [0.1, 0.15) is 25.3 Å². The van der Waals surface area contributed by atoms with Crippen molar-refractivity contribution in [3.63, 3.8) is 0 Å². The van der Waals surface area contributed by atoms with E-state index in [2.05, 4.69) is 58.5 Å². The summed E-state index contributed by atoms with van der Waals surface area (Å²) in [4.78, 5) is 32.9. The standard InChI is InChI=1S/C33H36N10O3/c1-22-14-29(8-9-43(22)32(44)25-17-37-38-18-25)46-30-7-2-23(15-24(30)16-34)31-35-21-36-33(40-31)39-26-3-5-27(6-4-26)41-10-12-42(13-11-41)28-19-45-20-28/h2-7,15,17,21-22,28-29H,8-14,18-20H2,1H3,(H,35,36,39,40)/t22-,29-/m0/s1. The van der Waals surface area contributed by atoms with Crippen molar-refractivity contribution in [1.29, 1.82) is 5.26 Å². The largest absolute Gasteiger partial charge is 0.489 e. The number of ether oxygens (including phenoxy) is 2. The Bertz CT molecular complexity index is 1680. The average molecular weight is 621 g/mol. The molecular formula is C33H36N10O3. The van der Waals surface area contributed by atoms with Gasteiger partial charge in [-0.3, -0.25) is 9.69 Å². The van der Waals surface area contributed by atoms with Crippen molar-refractivity contribution in [2.24, 2.45) is 10.2 Å². The van der Waals surface area contributed by atoms with Crippen molar-refractivity contribution >= 4 is 23.2 Å².